The Morgan fingerprint density at radius 3 is 2.22 bits per heavy atom. The van der Waals surface area contributed by atoms with E-state index in [-0.39, 0.29) is 24.1 Å². The summed E-state index contributed by atoms with van der Waals surface area (Å²) in [4.78, 5) is 28.4. The number of imide groups is 1. The molecule has 0 saturated carbocycles. The van der Waals surface area contributed by atoms with Crippen molar-refractivity contribution in [3.63, 3.8) is 0 Å². The average molecular weight is 427 g/mol. The average Bonchev–Trinajstić information content (AvgIpc) is 2.99. The first-order chi connectivity index (χ1) is 15.4. The lowest BCUT2D eigenvalue weighted by Gasteiger charge is -2.16. The Morgan fingerprint density at radius 1 is 0.844 bits per heavy atom. The van der Waals surface area contributed by atoms with Crippen molar-refractivity contribution >= 4 is 23.1 Å². The number of ether oxygens (including phenoxy) is 1. The van der Waals surface area contributed by atoms with Crippen molar-refractivity contribution in [2.75, 3.05) is 12.4 Å². The van der Waals surface area contributed by atoms with Crippen LogP contribution in [-0.4, -0.2) is 23.8 Å². The number of rotatable bonds is 6. The molecule has 5 nitrogen and oxygen atoms in total. The number of carbonyl (C=O) groups is 2. The molecule has 2 amide bonds. The second kappa shape index (κ2) is 8.71. The Labute approximate surface area is 188 Å². The molecular formula is C27H26N2O3. The maximum absolute atomic E-state index is 13.6. The Kier molecular flexibility index (Phi) is 5.82. The first kappa shape index (κ1) is 21.4. The van der Waals surface area contributed by atoms with Gasteiger partial charge in [-0.15, -0.1) is 0 Å². The van der Waals surface area contributed by atoms with Crippen molar-refractivity contribution in [1.29, 1.82) is 0 Å². The fourth-order valence-electron chi connectivity index (χ4n) is 4.00. The van der Waals surface area contributed by atoms with Crippen molar-refractivity contribution in [2.24, 2.45) is 0 Å². The minimum absolute atomic E-state index is 0.211. The molecule has 0 fully saturated rings. The second-order valence-electron chi connectivity index (χ2n) is 8.08. The molecule has 0 aliphatic carbocycles. The minimum atomic E-state index is -0.350. The zero-order valence-electron chi connectivity index (χ0n) is 18.7. The van der Waals surface area contributed by atoms with Gasteiger partial charge in [-0.3, -0.25) is 14.5 Å². The van der Waals surface area contributed by atoms with Gasteiger partial charge in [0.15, 0.2) is 0 Å². The summed E-state index contributed by atoms with van der Waals surface area (Å²) in [5.74, 6) is -0.0536. The topological polar surface area (TPSA) is 58.6 Å². The van der Waals surface area contributed by atoms with Crippen LogP contribution in [-0.2, 0) is 16.1 Å². The zero-order chi connectivity index (χ0) is 22.8. The summed E-state index contributed by atoms with van der Waals surface area (Å²) in [5, 5.41) is 3.23. The van der Waals surface area contributed by atoms with Crippen LogP contribution < -0.4 is 10.1 Å². The Balaban J connectivity index is 1.82. The van der Waals surface area contributed by atoms with Crippen molar-refractivity contribution in [3.05, 3.63) is 100 Å². The molecule has 5 heteroatoms. The zero-order valence-corrected chi connectivity index (χ0v) is 18.7. The van der Waals surface area contributed by atoms with Gasteiger partial charge in [0.1, 0.15) is 11.4 Å². The predicted octanol–water partition coefficient (Wildman–Crippen LogP) is 5.01. The lowest BCUT2D eigenvalue weighted by Crippen LogP contribution is -2.32. The number of anilines is 1. The largest absolute Gasteiger partial charge is 0.495 e. The summed E-state index contributed by atoms with van der Waals surface area (Å²) in [6.07, 6.45) is 0. The molecule has 0 radical (unpaired) electrons. The third kappa shape index (κ3) is 4.02. The molecular weight excluding hydrogens is 400 g/mol. The first-order valence-electron chi connectivity index (χ1n) is 10.5. The van der Waals surface area contributed by atoms with E-state index in [4.69, 9.17) is 4.74 Å². The number of methoxy groups -OCH3 is 1. The van der Waals surface area contributed by atoms with E-state index in [1.807, 2.05) is 87.5 Å². The number of nitrogens with one attached hydrogen (secondary N) is 1. The molecule has 32 heavy (non-hydrogen) atoms. The van der Waals surface area contributed by atoms with Crippen molar-refractivity contribution in [3.8, 4) is 5.75 Å². The highest BCUT2D eigenvalue weighted by molar-refractivity contribution is 6.36. The maximum Gasteiger partial charge on any atom is 0.278 e. The van der Waals surface area contributed by atoms with E-state index in [0.29, 0.717) is 17.0 Å². The number of aryl methyl sites for hydroxylation is 3. The van der Waals surface area contributed by atoms with E-state index >= 15 is 0 Å². The van der Waals surface area contributed by atoms with Gasteiger partial charge in [0, 0.05) is 0 Å². The van der Waals surface area contributed by atoms with Crippen LogP contribution in [0.5, 0.6) is 5.75 Å². The third-order valence-electron chi connectivity index (χ3n) is 5.62. The van der Waals surface area contributed by atoms with Crippen molar-refractivity contribution < 1.29 is 14.3 Å². The van der Waals surface area contributed by atoms with Crippen LogP contribution in [0.4, 0.5) is 5.69 Å². The quantitative estimate of drug-likeness (QED) is 0.563. The molecule has 0 bridgehead atoms. The normalized spacial score (nSPS) is 13.7. The van der Waals surface area contributed by atoms with Gasteiger partial charge in [0.05, 0.1) is 24.9 Å². The second-order valence-corrected chi connectivity index (χ2v) is 8.08. The van der Waals surface area contributed by atoms with Crippen LogP contribution >= 0.6 is 0 Å². The molecule has 4 rings (SSSR count). The fraction of sp³-hybridized carbons (Fsp3) is 0.185. The van der Waals surface area contributed by atoms with Crippen LogP contribution in [0.2, 0.25) is 0 Å². The third-order valence-corrected chi connectivity index (χ3v) is 5.62. The minimum Gasteiger partial charge on any atom is -0.495 e. The van der Waals surface area contributed by atoms with Gasteiger partial charge in [-0.1, -0.05) is 60.2 Å². The summed E-state index contributed by atoms with van der Waals surface area (Å²) in [6.45, 7) is 6.14. The molecule has 1 heterocycles. The molecule has 3 aromatic rings. The molecule has 1 aliphatic rings. The van der Waals surface area contributed by atoms with Gasteiger partial charge >= 0.3 is 0 Å². The smallest absolute Gasteiger partial charge is 0.278 e. The van der Waals surface area contributed by atoms with Crippen molar-refractivity contribution in [1.82, 2.24) is 4.90 Å². The lowest BCUT2D eigenvalue weighted by atomic mass is 9.97. The molecule has 0 aromatic heterocycles. The van der Waals surface area contributed by atoms with E-state index in [2.05, 4.69) is 5.32 Å². The van der Waals surface area contributed by atoms with Crippen LogP contribution in [0.25, 0.3) is 5.57 Å². The van der Waals surface area contributed by atoms with E-state index < -0.39 is 0 Å². The van der Waals surface area contributed by atoms with E-state index in [1.54, 1.807) is 7.11 Å². The molecule has 0 unspecified atom stereocenters. The van der Waals surface area contributed by atoms with Gasteiger partial charge in [-0.25, -0.2) is 0 Å². The molecule has 1 N–H and O–H groups in total. The first-order valence-corrected chi connectivity index (χ1v) is 10.5. The van der Waals surface area contributed by atoms with Crippen LogP contribution in [0.3, 0.4) is 0 Å². The SMILES string of the molecule is COc1ccc(C)cc1NC1=C(c2ccc(C)cc2C)C(=O)N(Cc2ccccc2)C1=O. The highest BCUT2D eigenvalue weighted by Gasteiger charge is 2.40. The molecule has 162 valence electrons. The number of hydrogen-bond acceptors (Lipinski definition) is 4. The molecule has 3 aromatic carbocycles. The number of amides is 2. The Morgan fingerprint density at radius 2 is 1.53 bits per heavy atom. The Hall–Kier alpha value is -3.86. The van der Waals surface area contributed by atoms with Crippen LogP contribution in [0.1, 0.15) is 27.8 Å². The van der Waals surface area contributed by atoms with Gasteiger partial charge in [0.25, 0.3) is 11.8 Å². The van der Waals surface area contributed by atoms with Crippen LogP contribution in [0.15, 0.2) is 72.4 Å². The summed E-state index contributed by atoms with van der Waals surface area (Å²) >= 11 is 0. The van der Waals surface area contributed by atoms with Gasteiger partial charge in [0.2, 0.25) is 0 Å². The Bertz CT molecular complexity index is 1230. The number of hydrogen-bond donors (Lipinski definition) is 1. The van der Waals surface area contributed by atoms with Gasteiger partial charge in [-0.05, 0) is 55.2 Å². The molecule has 0 atom stereocenters. The highest BCUT2D eigenvalue weighted by atomic mass is 16.5. The predicted molar refractivity (Wildman–Crippen MR) is 126 cm³/mol. The number of benzene rings is 3. The van der Waals surface area contributed by atoms with Gasteiger partial charge < -0.3 is 10.1 Å². The summed E-state index contributed by atoms with van der Waals surface area (Å²) < 4.78 is 5.48. The molecule has 1 aliphatic heterocycles. The van der Waals surface area contributed by atoms with E-state index in [1.165, 1.54) is 4.90 Å². The van der Waals surface area contributed by atoms with Crippen LogP contribution in [0, 0.1) is 20.8 Å². The summed E-state index contributed by atoms with van der Waals surface area (Å²) in [6, 6.07) is 21.1. The standard InChI is InChI=1S/C27H26N2O3/c1-17-10-12-21(19(3)14-17)24-25(28-22-15-18(2)11-13-23(22)32-4)27(31)29(26(24)30)16-20-8-6-5-7-9-20/h5-15,28H,16H2,1-4H3. The fourth-order valence-corrected chi connectivity index (χ4v) is 4.00. The number of nitrogens with zero attached hydrogens (tertiary/aromatic N) is 1. The monoisotopic (exact) mass is 426 g/mol. The lowest BCUT2D eigenvalue weighted by molar-refractivity contribution is -0.137. The number of carbonyl (C=O) groups excluding carboxylic acids is 2. The highest BCUT2D eigenvalue weighted by Crippen LogP contribution is 2.35. The van der Waals surface area contributed by atoms with Gasteiger partial charge in [-0.2, -0.15) is 0 Å². The maximum atomic E-state index is 13.6. The molecule has 0 saturated heterocycles. The summed E-state index contributed by atoms with van der Waals surface area (Å²) in [5.41, 5.74) is 5.99. The molecule has 0 spiro atoms. The van der Waals surface area contributed by atoms with E-state index in [9.17, 15) is 9.59 Å². The van der Waals surface area contributed by atoms with E-state index in [0.717, 1.165) is 27.8 Å². The van der Waals surface area contributed by atoms with Crippen molar-refractivity contribution in [2.45, 2.75) is 27.3 Å². The summed E-state index contributed by atoms with van der Waals surface area (Å²) in [7, 11) is 1.58.